The lowest BCUT2D eigenvalue weighted by molar-refractivity contribution is -0.176. The lowest BCUT2D eigenvalue weighted by Crippen LogP contribution is -2.39. The van der Waals surface area contributed by atoms with Crippen LogP contribution in [-0.2, 0) is 27.8 Å². The number of ether oxygens (including phenoxy) is 3. The normalized spacial score (nSPS) is 35.8. The van der Waals surface area contributed by atoms with Crippen LogP contribution < -0.4 is 0 Å². The first kappa shape index (κ1) is 16.4. The van der Waals surface area contributed by atoms with Gasteiger partial charge in [0.25, 0.3) is 0 Å². The predicted molar refractivity (Wildman–Crippen MR) is 70.4 cm³/mol. The highest BCUT2D eigenvalue weighted by molar-refractivity contribution is 7.53. The molecule has 2 rings (SSSR count). The van der Waals surface area contributed by atoms with Crippen LogP contribution in [0.5, 0.6) is 0 Å². The summed E-state index contributed by atoms with van der Waals surface area (Å²) in [5.41, 5.74) is 0. The molecule has 0 bridgehead atoms. The molecule has 2 aliphatic heterocycles. The van der Waals surface area contributed by atoms with Gasteiger partial charge in [-0.3, -0.25) is 4.57 Å². The zero-order valence-electron chi connectivity index (χ0n) is 12.1. The van der Waals surface area contributed by atoms with Crippen molar-refractivity contribution in [1.82, 2.24) is 0 Å². The topological polar surface area (TPSA) is 83.5 Å². The van der Waals surface area contributed by atoms with Gasteiger partial charge in [-0.05, 0) is 5.92 Å². The third-order valence-corrected chi connectivity index (χ3v) is 6.08. The van der Waals surface area contributed by atoms with Crippen LogP contribution in [0.1, 0.15) is 13.3 Å². The lowest BCUT2D eigenvalue weighted by Gasteiger charge is -2.30. The fourth-order valence-corrected chi connectivity index (χ4v) is 3.97. The maximum atomic E-state index is 12.2. The van der Waals surface area contributed by atoms with Gasteiger partial charge in [0, 0.05) is 26.6 Å². The van der Waals surface area contributed by atoms with E-state index in [0.29, 0.717) is 26.2 Å². The third kappa shape index (κ3) is 3.42. The van der Waals surface area contributed by atoms with Gasteiger partial charge in [-0.1, -0.05) is 6.92 Å². The highest BCUT2D eigenvalue weighted by atomic mass is 31.2. The van der Waals surface area contributed by atoms with Crippen molar-refractivity contribution in [2.75, 3.05) is 40.2 Å². The Morgan fingerprint density at radius 1 is 1.30 bits per heavy atom. The maximum absolute atomic E-state index is 12.2. The van der Waals surface area contributed by atoms with E-state index < -0.39 is 13.4 Å². The van der Waals surface area contributed by atoms with Gasteiger partial charge in [-0.2, -0.15) is 0 Å². The average molecular weight is 310 g/mol. The van der Waals surface area contributed by atoms with Crippen molar-refractivity contribution in [2.24, 2.45) is 11.8 Å². The molecule has 118 valence electrons. The molecule has 0 spiro atoms. The van der Waals surface area contributed by atoms with Crippen LogP contribution in [0.2, 0.25) is 0 Å². The Bertz CT molecular complexity index is 363. The molecule has 0 amide bonds. The molecule has 1 unspecified atom stereocenters. The van der Waals surface area contributed by atoms with Crippen molar-refractivity contribution in [3.63, 3.8) is 0 Å². The van der Waals surface area contributed by atoms with Gasteiger partial charge in [0.1, 0.15) is 6.16 Å². The summed E-state index contributed by atoms with van der Waals surface area (Å²) >= 11 is 0. The fourth-order valence-electron chi connectivity index (χ4n) is 2.63. The van der Waals surface area contributed by atoms with Crippen molar-refractivity contribution in [2.45, 2.75) is 25.4 Å². The maximum Gasteiger partial charge on any atom is 0.335 e. The first-order chi connectivity index (χ1) is 9.42. The summed E-state index contributed by atoms with van der Waals surface area (Å²) in [6, 6.07) is 0. The fraction of sp³-hybridized carbons (Fsp3) is 1.00. The van der Waals surface area contributed by atoms with E-state index in [1.54, 1.807) is 0 Å². The van der Waals surface area contributed by atoms with Crippen molar-refractivity contribution >= 4 is 7.60 Å². The van der Waals surface area contributed by atoms with E-state index in [4.69, 9.17) is 23.3 Å². The second-order valence-corrected chi connectivity index (χ2v) is 7.51. The van der Waals surface area contributed by atoms with Crippen LogP contribution in [-0.4, -0.2) is 57.4 Å². The summed E-state index contributed by atoms with van der Waals surface area (Å²) in [7, 11) is -0.740. The molecule has 0 saturated carbocycles. The monoisotopic (exact) mass is 310 g/mol. The van der Waals surface area contributed by atoms with E-state index in [0.717, 1.165) is 0 Å². The van der Waals surface area contributed by atoms with Gasteiger partial charge in [-0.25, -0.2) is 0 Å². The number of hydrogen-bond donors (Lipinski definition) is 1. The molecule has 0 aliphatic carbocycles. The van der Waals surface area contributed by atoms with E-state index in [9.17, 15) is 9.67 Å². The smallest absolute Gasteiger partial charge is 0.335 e. The Kier molecular flexibility index (Phi) is 5.24. The van der Waals surface area contributed by atoms with E-state index in [1.807, 2.05) is 6.92 Å². The SMILES string of the molecule is COP(=O)(CC1(O)OC[C@@H](CC2OCCO2)[C@@H]1C)OC. The minimum Gasteiger partial charge on any atom is -0.365 e. The van der Waals surface area contributed by atoms with Crippen molar-refractivity contribution in [3.8, 4) is 0 Å². The highest BCUT2D eigenvalue weighted by Gasteiger charge is 2.51. The van der Waals surface area contributed by atoms with Crippen LogP contribution in [0.25, 0.3) is 0 Å². The Hall–Kier alpha value is -0.0100. The molecule has 7 nitrogen and oxygen atoms in total. The molecule has 0 aromatic heterocycles. The minimum atomic E-state index is -3.33. The standard InChI is InChI=1S/C12H23O7P/c1-9-10(6-11-17-4-5-18-11)7-19-12(9,13)8-20(14,15-2)16-3/h9-11,13H,4-8H2,1-3H3/t9-,10+,12?/m0/s1. The molecule has 0 radical (unpaired) electrons. The molecular weight excluding hydrogens is 287 g/mol. The van der Waals surface area contributed by atoms with Gasteiger partial charge in [0.2, 0.25) is 0 Å². The van der Waals surface area contributed by atoms with Gasteiger partial charge >= 0.3 is 7.60 Å². The van der Waals surface area contributed by atoms with E-state index in [2.05, 4.69) is 0 Å². The molecule has 1 N–H and O–H groups in total. The van der Waals surface area contributed by atoms with Crippen molar-refractivity contribution in [3.05, 3.63) is 0 Å². The Balaban J connectivity index is 1.97. The summed E-state index contributed by atoms with van der Waals surface area (Å²) in [6.07, 6.45) is 0.218. The van der Waals surface area contributed by atoms with Crippen LogP contribution in [0.3, 0.4) is 0 Å². The molecule has 2 heterocycles. The van der Waals surface area contributed by atoms with Crippen molar-refractivity contribution in [1.29, 1.82) is 0 Å². The first-order valence-electron chi connectivity index (χ1n) is 6.72. The third-order valence-electron chi connectivity index (χ3n) is 4.13. The first-order valence-corrected chi connectivity index (χ1v) is 8.45. The highest BCUT2D eigenvalue weighted by Crippen LogP contribution is 2.53. The largest absolute Gasteiger partial charge is 0.365 e. The van der Waals surface area contributed by atoms with Gasteiger partial charge in [-0.15, -0.1) is 0 Å². The van der Waals surface area contributed by atoms with Crippen molar-refractivity contribution < 1.29 is 32.9 Å². The summed E-state index contributed by atoms with van der Waals surface area (Å²) in [4.78, 5) is 0. The Morgan fingerprint density at radius 2 is 1.90 bits per heavy atom. The minimum absolute atomic E-state index is 0.0743. The lowest BCUT2D eigenvalue weighted by atomic mass is 9.88. The molecular formula is C12H23O7P. The molecule has 3 atom stereocenters. The zero-order chi connectivity index (χ0) is 14.8. The molecule has 2 saturated heterocycles. The molecule has 20 heavy (non-hydrogen) atoms. The summed E-state index contributed by atoms with van der Waals surface area (Å²) < 4.78 is 38.2. The second-order valence-electron chi connectivity index (χ2n) is 5.25. The van der Waals surface area contributed by atoms with Crippen LogP contribution in [0.15, 0.2) is 0 Å². The van der Waals surface area contributed by atoms with E-state index >= 15 is 0 Å². The molecule has 0 aromatic rings. The molecule has 0 aromatic carbocycles. The van der Waals surface area contributed by atoms with Gasteiger partial charge < -0.3 is 28.4 Å². The molecule has 2 aliphatic rings. The second kappa shape index (κ2) is 6.40. The summed E-state index contributed by atoms with van der Waals surface area (Å²) in [5, 5.41) is 10.6. The molecule has 2 fully saturated rings. The van der Waals surface area contributed by atoms with E-state index in [1.165, 1.54) is 14.2 Å². The quantitative estimate of drug-likeness (QED) is 0.738. The van der Waals surface area contributed by atoms with Gasteiger partial charge in [0.15, 0.2) is 12.1 Å². The number of aliphatic hydroxyl groups is 1. The number of rotatable bonds is 6. The van der Waals surface area contributed by atoms with Crippen LogP contribution in [0, 0.1) is 11.8 Å². The summed E-state index contributed by atoms with van der Waals surface area (Å²) in [5.74, 6) is -1.65. The van der Waals surface area contributed by atoms with Crippen LogP contribution in [0.4, 0.5) is 0 Å². The van der Waals surface area contributed by atoms with E-state index in [-0.39, 0.29) is 24.3 Å². The summed E-state index contributed by atoms with van der Waals surface area (Å²) in [6.45, 7) is 3.43. The van der Waals surface area contributed by atoms with Crippen LogP contribution >= 0.6 is 7.60 Å². The number of hydrogen-bond acceptors (Lipinski definition) is 7. The average Bonchev–Trinajstić information content (AvgIpc) is 3.03. The molecule has 8 heteroatoms. The Labute approximate surface area is 119 Å². The zero-order valence-corrected chi connectivity index (χ0v) is 13.0. The van der Waals surface area contributed by atoms with Gasteiger partial charge in [0.05, 0.1) is 19.8 Å². The Morgan fingerprint density at radius 3 is 2.45 bits per heavy atom. The predicted octanol–water partition coefficient (Wildman–Crippen LogP) is 1.21.